The minimum Gasteiger partial charge on any atom is -0.461 e. The smallest absolute Gasteiger partial charge is 0.299 e. The third-order valence-corrected chi connectivity index (χ3v) is 10.2. The molecule has 0 N–H and O–H groups in total. The van der Waals surface area contributed by atoms with Crippen LogP contribution in [0.5, 0.6) is 0 Å². The Labute approximate surface area is 281 Å². The Balaban J connectivity index is 1.52. The van der Waals surface area contributed by atoms with Crippen LogP contribution >= 0.6 is 0 Å². The number of furan rings is 2. The van der Waals surface area contributed by atoms with Gasteiger partial charge in [-0.1, -0.05) is 76.9 Å². The first-order chi connectivity index (χ1) is 24.9. The van der Waals surface area contributed by atoms with E-state index in [1.807, 2.05) is 18.2 Å². The van der Waals surface area contributed by atoms with Crippen LogP contribution in [0.25, 0.3) is 61.0 Å². The van der Waals surface area contributed by atoms with E-state index >= 15 is 0 Å². The lowest BCUT2D eigenvalue weighted by Crippen LogP contribution is -2.30. The monoisotopic (exact) mass is 616 g/mol. The molecule has 4 heteroatoms. The maximum Gasteiger partial charge on any atom is 0.299 e. The number of hydrogen-bond acceptors (Lipinski definition) is 2. The largest absolute Gasteiger partial charge is 0.461 e. The average molecular weight is 617 g/mol. The van der Waals surface area contributed by atoms with E-state index in [0.717, 1.165) is 64.9 Å². The molecule has 0 amide bonds. The Morgan fingerprint density at radius 1 is 0.870 bits per heavy atom. The van der Waals surface area contributed by atoms with Gasteiger partial charge in [-0.2, -0.15) is 4.57 Å². The molecule has 4 nitrogen and oxygen atoms in total. The number of aromatic nitrogens is 2. The maximum absolute atomic E-state index is 9.51. The number of benzene rings is 4. The van der Waals surface area contributed by atoms with Crippen molar-refractivity contribution in [2.75, 3.05) is 0 Å². The van der Waals surface area contributed by atoms with Crippen LogP contribution in [0.2, 0.25) is 0 Å². The van der Waals surface area contributed by atoms with Crippen LogP contribution in [0.3, 0.4) is 0 Å². The molecule has 3 aromatic heterocycles. The van der Waals surface area contributed by atoms with Crippen LogP contribution < -0.4 is 4.57 Å². The van der Waals surface area contributed by atoms with Gasteiger partial charge in [0, 0.05) is 36.9 Å². The summed E-state index contributed by atoms with van der Waals surface area (Å²) in [4.78, 5) is 0. The predicted octanol–water partition coefficient (Wildman–Crippen LogP) is 11.6. The lowest BCUT2D eigenvalue weighted by molar-refractivity contribution is -0.633. The van der Waals surface area contributed by atoms with Crippen LogP contribution in [0.15, 0.2) is 69.5 Å². The summed E-state index contributed by atoms with van der Waals surface area (Å²) in [6.45, 7) is 5.43. The molecule has 1 saturated carbocycles. The number of para-hydroxylation sites is 2. The van der Waals surface area contributed by atoms with E-state index in [-0.39, 0.29) is 28.4 Å². The Bertz CT molecular complexity index is 2560. The second-order valence-corrected chi connectivity index (χ2v) is 13.7. The molecule has 0 atom stereocenters. The lowest BCUT2D eigenvalue weighted by Gasteiger charge is -2.22. The Morgan fingerprint density at radius 3 is 2.24 bits per heavy atom. The number of rotatable bonds is 5. The van der Waals surface area contributed by atoms with E-state index in [9.17, 15) is 1.37 Å². The Morgan fingerprint density at radius 2 is 1.57 bits per heavy atom. The first-order valence-electron chi connectivity index (χ1n) is 20.0. The summed E-state index contributed by atoms with van der Waals surface area (Å²) < 4.78 is 76.3. The van der Waals surface area contributed by atoms with Crippen molar-refractivity contribution in [3.63, 3.8) is 0 Å². The molecule has 3 heterocycles. The van der Waals surface area contributed by atoms with E-state index in [1.54, 1.807) is 12.1 Å². The molecule has 0 bridgehead atoms. The van der Waals surface area contributed by atoms with Crippen molar-refractivity contribution >= 4 is 43.9 Å². The van der Waals surface area contributed by atoms with Gasteiger partial charge >= 0.3 is 0 Å². The Hall–Kier alpha value is -4.31. The van der Waals surface area contributed by atoms with E-state index in [0.29, 0.717) is 21.9 Å². The van der Waals surface area contributed by atoms with Gasteiger partial charge in [0.1, 0.15) is 28.2 Å². The topological polar surface area (TPSA) is 35.1 Å². The molecule has 0 aliphatic heterocycles. The molecule has 8 rings (SSSR count). The first-order valence-corrected chi connectivity index (χ1v) is 16.5. The minimum absolute atomic E-state index is 0.162. The van der Waals surface area contributed by atoms with Crippen LogP contribution in [0, 0.1) is 20.6 Å². The fourth-order valence-electron chi connectivity index (χ4n) is 7.83. The average Bonchev–Trinajstić information content (AvgIpc) is 3.86. The van der Waals surface area contributed by atoms with Crippen molar-refractivity contribution in [2.45, 2.75) is 91.7 Å². The summed E-state index contributed by atoms with van der Waals surface area (Å²) in [5.41, 5.74) is 9.33. The normalized spacial score (nSPS) is 18.0. The van der Waals surface area contributed by atoms with Crippen LogP contribution in [0.4, 0.5) is 0 Å². The molecule has 1 fully saturated rings. The van der Waals surface area contributed by atoms with E-state index in [2.05, 4.69) is 81.1 Å². The number of imidazole rings is 1. The fourth-order valence-corrected chi connectivity index (χ4v) is 7.83. The molecule has 0 saturated heterocycles. The van der Waals surface area contributed by atoms with Gasteiger partial charge in [-0.3, -0.25) is 0 Å². The summed E-state index contributed by atoms with van der Waals surface area (Å²) in [5, 5.41) is 1.43. The maximum atomic E-state index is 9.51. The SMILES string of the molecule is [2H]C([2H])([2H])c1oc2ccc3oc4c(-c5n(-c6c(C(C)C)cc(C7([2H])CCCC7)cc6C(C)C)c6ccccc6[n+]5C)c(C)ccc4c3c2c1C([2H])([2H])[2H]. The van der Waals surface area contributed by atoms with Crippen molar-refractivity contribution in [1.82, 2.24) is 4.57 Å². The van der Waals surface area contributed by atoms with Gasteiger partial charge in [-0.05, 0) is 92.2 Å². The molecular weight excluding hydrogens is 564 g/mol. The summed E-state index contributed by atoms with van der Waals surface area (Å²) in [6, 6.07) is 20.2. The second-order valence-electron chi connectivity index (χ2n) is 13.7. The van der Waals surface area contributed by atoms with Gasteiger partial charge in [-0.15, -0.1) is 0 Å². The molecular formula is C42H45N2O2+. The highest BCUT2D eigenvalue weighted by Gasteiger charge is 2.34. The molecule has 1 aliphatic rings. The van der Waals surface area contributed by atoms with Gasteiger partial charge in [0.2, 0.25) is 0 Å². The number of hydrogen-bond donors (Lipinski definition) is 0. The zero-order chi connectivity index (χ0) is 37.9. The summed E-state index contributed by atoms with van der Waals surface area (Å²) in [7, 11) is 2.06. The molecule has 46 heavy (non-hydrogen) atoms. The minimum atomic E-state index is -2.76. The van der Waals surface area contributed by atoms with Crippen molar-refractivity contribution in [1.29, 1.82) is 0 Å². The zero-order valence-electron chi connectivity index (χ0n) is 34.5. The summed E-state index contributed by atoms with van der Waals surface area (Å²) in [5.74, 6) is 0.102. The number of aryl methyl sites for hydroxylation is 4. The quantitative estimate of drug-likeness (QED) is 0.180. The van der Waals surface area contributed by atoms with E-state index in [1.165, 1.54) is 11.1 Å². The van der Waals surface area contributed by atoms with Crippen LogP contribution in [-0.4, -0.2) is 4.57 Å². The molecule has 0 radical (unpaired) electrons. The zero-order valence-corrected chi connectivity index (χ0v) is 27.5. The van der Waals surface area contributed by atoms with Gasteiger partial charge < -0.3 is 8.83 Å². The van der Waals surface area contributed by atoms with Gasteiger partial charge in [-0.25, -0.2) is 4.57 Å². The van der Waals surface area contributed by atoms with Crippen molar-refractivity contribution in [3.05, 3.63) is 94.2 Å². The van der Waals surface area contributed by atoms with Gasteiger partial charge in [0.25, 0.3) is 5.82 Å². The highest BCUT2D eigenvalue weighted by atomic mass is 16.3. The van der Waals surface area contributed by atoms with Gasteiger partial charge in [0.15, 0.2) is 16.6 Å². The van der Waals surface area contributed by atoms with Crippen molar-refractivity contribution in [2.24, 2.45) is 7.05 Å². The fraction of sp³-hybridized carbons (Fsp3) is 0.357. The molecule has 234 valence electrons. The van der Waals surface area contributed by atoms with E-state index < -0.39 is 25.4 Å². The third-order valence-electron chi connectivity index (χ3n) is 10.2. The standard InChI is InChI=1S/C42H45N2O2/c1-23(2)31-21-29(28-13-9-10-14-28)22-32(24(3)4)40(31)44-34-16-12-11-15-33(34)43(8)42(44)37-25(5)17-18-30-39-36(46-41(30)37)20-19-35-38(39)26(6)27(7)45-35/h11-12,15-24,28H,9-10,13-14H2,1-8H3/q+1/i6D3,7D3,28D. The number of fused-ring (bicyclic) bond motifs is 6. The molecule has 0 unspecified atom stereocenters. The van der Waals surface area contributed by atoms with Crippen LogP contribution in [0.1, 0.15) is 114 Å². The molecule has 4 aromatic carbocycles. The lowest BCUT2D eigenvalue weighted by atomic mass is 9.85. The van der Waals surface area contributed by atoms with Crippen molar-refractivity contribution in [3.8, 4) is 17.1 Å². The van der Waals surface area contributed by atoms with Gasteiger partial charge in [0.05, 0.1) is 7.05 Å². The Kier molecular flexibility index (Phi) is 5.14. The highest BCUT2D eigenvalue weighted by molar-refractivity contribution is 6.21. The molecule has 7 aromatic rings. The van der Waals surface area contributed by atoms with Crippen molar-refractivity contribution < 1.29 is 23.0 Å². The predicted molar refractivity (Wildman–Crippen MR) is 191 cm³/mol. The molecule has 1 aliphatic carbocycles. The molecule has 0 spiro atoms. The summed E-state index contributed by atoms with van der Waals surface area (Å²) in [6.07, 6.45) is 3.86. The summed E-state index contributed by atoms with van der Waals surface area (Å²) >= 11 is 0. The number of nitrogens with zero attached hydrogens (tertiary/aromatic N) is 2. The first kappa shape index (κ1) is 22.3. The van der Waals surface area contributed by atoms with E-state index in [4.69, 9.17) is 17.1 Å². The second kappa shape index (κ2) is 10.6. The highest BCUT2D eigenvalue weighted by Crippen LogP contribution is 2.45. The van der Waals surface area contributed by atoms with Crippen LogP contribution in [-0.2, 0) is 7.05 Å². The third kappa shape index (κ3) is 4.15.